The van der Waals surface area contributed by atoms with Gasteiger partial charge in [-0.15, -0.1) is 0 Å². The summed E-state index contributed by atoms with van der Waals surface area (Å²) in [6, 6.07) is 43.2. The van der Waals surface area contributed by atoms with Gasteiger partial charge in [0.05, 0.1) is 12.2 Å². The number of esters is 2. The van der Waals surface area contributed by atoms with Crippen molar-refractivity contribution in [1.82, 2.24) is 0 Å². The Morgan fingerprint density at radius 1 is 0.765 bits per heavy atom. The Hall–Kier alpha value is -6.29. The monoisotopic (exact) mass is 916 g/mol. The van der Waals surface area contributed by atoms with Crippen LogP contribution in [0.5, 0.6) is 5.75 Å². The lowest BCUT2D eigenvalue weighted by molar-refractivity contribution is -0.192. The van der Waals surface area contributed by atoms with Crippen molar-refractivity contribution in [1.29, 1.82) is 0 Å². The molecule has 6 aromatic rings. The summed E-state index contributed by atoms with van der Waals surface area (Å²) in [4.78, 5) is 43.6. The van der Waals surface area contributed by atoms with Gasteiger partial charge in [0, 0.05) is 42.6 Å². The highest BCUT2D eigenvalue weighted by atomic mass is 16.6. The molecule has 0 radical (unpaired) electrons. The molecule has 3 aliphatic rings. The molecule has 1 aromatic heterocycles. The highest BCUT2D eigenvalue weighted by molar-refractivity contribution is 5.90. The van der Waals surface area contributed by atoms with Gasteiger partial charge in [-0.3, -0.25) is 4.79 Å². The van der Waals surface area contributed by atoms with Gasteiger partial charge in [-0.25, -0.2) is 9.59 Å². The fourth-order valence-electron chi connectivity index (χ4n) is 10.1. The third kappa shape index (κ3) is 11.7. The summed E-state index contributed by atoms with van der Waals surface area (Å²) < 4.78 is 32.1. The molecule has 0 saturated heterocycles. The molecule has 5 aromatic carbocycles. The van der Waals surface area contributed by atoms with Crippen LogP contribution in [-0.4, -0.2) is 49.1 Å². The average Bonchev–Trinajstić information content (AvgIpc) is 3.32. The summed E-state index contributed by atoms with van der Waals surface area (Å²) in [5.74, 6) is -1.09. The van der Waals surface area contributed by atoms with E-state index in [9.17, 15) is 19.5 Å². The fourth-order valence-corrected chi connectivity index (χ4v) is 10.1. The largest absolute Gasteiger partial charge is 0.483 e. The number of fused-ring (bicyclic) bond motifs is 13. The molecule has 0 saturated carbocycles. The van der Waals surface area contributed by atoms with Crippen molar-refractivity contribution in [3.05, 3.63) is 193 Å². The Balaban J connectivity index is 1.20. The fraction of sp³-hybridized carbons (Fsp3) is 0.373. The van der Waals surface area contributed by atoms with Crippen molar-refractivity contribution in [2.75, 3.05) is 20.3 Å². The van der Waals surface area contributed by atoms with Crippen molar-refractivity contribution in [3.63, 3.8) is 0 Å². The van der Waals surface area contributed by atoms with Crippen LogP contribution in [0.3, 0.4) is 0 Å². The molecule has 9 nitrogen and oxygen atoms in total. The van der Waals surface area contributed by atoms with Crippen molar-refractivity contribution in [2.45, 2.75) is 115 Å². The maximum absolute atomic E-state index is 14.9. The van der Waals surface area contributed by atoms with E-state index in [-0.39, 0.29) is 31.1 Å². The number of ether oxygens (including phenoxy) is 4. The molecule has 68 heavy (non-hydrogen) atoms. The lowest BCUT2D eigenvalue weighted by atomic mass is 9.82. The van der Waals surface area contributed by atoms with Crippen LogP contribution in [0.1, 0.15) is 116 Å². The average molecular weight is 917 g/mol. The van der Waals surface area contributed by atoms with Gasteiger partial charge in [-0.05, 0) is 142 Å². The van der Waals surface area contributed by atoms with Crippen molar-refractivity contribution >= 4 is 22.9 Å². The van der Waals surface area contributed by atoms with Crippen LogP contribution < -0.4 is 10.4 Å². The molecule has 0 aliphatic carbocycles. The molecule has 9 heteroatoms. The Morgan fingerprint density at radius 3 is 2.19 bits per heavy atom. The Kier molecular flexibility index (Phi) is 15.7. The number of carbonyl (C=O) groups excluding carboxylic acids is 2. The Bertz CT molecular complexity index is 2750. The minimum Gasteiger partial charge on any atom is -0.483 e. The number of aliphatic hydroxyl groups is 1. The SMILES string of the molecule is COC[C@@H](CCO)c1cc2ccc3c(c2oc1=O)[C@H]1OC(=O)C[C@H](CCc2cccc(Cc4ccccc4)c2)Cc2ccc(cc2)CCC(=C(C)C)C(=O)O[C@@H]1[C@](C)(CCCc1ccccc1)O3. The van der Waals surface area contributed by atoms with E-state index in [1.54, 1.807) is 13.2 Å². The molecular weight excluding hydrogens is 853 g/mol. The molecule has 0 fully saturated rings. The predicted octanol–water partition coefficient (Wildman–Crippen LogP) is 11.3. The topological polar surface area (TPSA) is 122 Å². The second kappa shape index (κ2) is 22.2. The number of hydrogen-bond acceptors (Lipinski definition) is 9. The highest BCUT2D eigenvalue weighted by Gasteiger charge is 2.52. The summed E-state index contributed by atoms with van der Waals surface area (Å²) in [6.07, 6.45) is 4.04. The summed E-state index contributed by atoms with van der Waals surface area (Å²) in [6.45, 7) is 5.81. The zero-order chi connectivity index (χ0) is 47.6. The molecule has 0 amide bonds. The minimum absolute atomic E-state index is 0.0915. The van der Waals surface area contributed by atoms with Gasteiger partial charge in [-0.1, -0.05) is 115 Å². The molecule has 4 heterocycles. The van der Waals surface area contributed by atoms with Crippen molar-refractivity contribution in [2.24, 2.45) is 5.92 Å². The van der Waals surface area contributed by atoms with E-state index in [0.29, 0.717) is 66.4 Å². The molecule has 9 rings (SSSR count). The third-order valence-corrected chi connectivity index (χ3v) is 13.8. The molecule has 5 atom stereocenters. The quantitative estimate of drug-likeness (QED) is 0.0646. The second-order valence-electron chi connectivity index (χ2n) is 19.1. The van der Waals surface area contributed by atoms with Crippen LogP contribution in [0.4, 0.5) is 0 Å². The van der Waals surface area contributed by atoms with Crippen LogP contribution >= 0.6 is 0 Å². The molecule has 2 bridgehead atoms. The Morgan fingerprint density at radius 2 is 1.47 bits per heavy atom. The van der Waals surface area contributed by atoms with E-state index in [1.165, 1.54) is 16.7 Å². The first-order chi connectivity index (χ1) is 33.0. The first kappa shape index (κ1) is 48.2. The van der Waals surface area contributed by atoms with Crippen LogP contribution in [0, 0.1) is 5.92 Å². The lowest BCUT2D eigenvalue weighted by Gasteiger charge is -2.45. The second-order valence-corrected chi connectivity index (χ2v) is 19.1. The smallest absolute Gasteiger partial charge is 0.339 e. The maximum atomic E-state index is 14.9. The van der Waals surface area contributed by atoms with Gasteiger partial charge in [0.15, 0.2) is 12.2 Å². The van der Waals surface area contributed by atoms with Gasteiger partial charge in [0.2, 0.25) is 0 Å². The van der Waals surface area contributed by atoms with Crippen LogP contribution in [0.15, 0.2) is 148 Å². The van der Waals surface area contributed by atoms with E-state index in [2.05, 4.69) is 84.9 Å². The summed E-state index contributed by atoms with van der Waals surface area (Å²) in [5.41, 5.74) is 7.56. The first-order valence-electron chi connectivity index (χ1n) is 24.2. The number of aliphatic hydroxyl groups excluding tert-OH is 1. The first-order valence-corrected chi connectivity index (χ1v) is 24.2. The molecule has 1 N–H and O–H groups in total. The maximum Gasteiger partial charge on any atom is 0.339 e. The van der Waals surface area contributed by atoms with Gasteiger partial charge < -0.3 is 28.5 Å². The zero-order valence-corrected chi connectivity index (χ0v) is 39.8. The summed E-state index contributed by atoms with van der Waals surface area (Å²) in [5, 5.41) is 10.4. The van der Waals surface area contributed by atoms with E-state index in [1.807, 2.05) is 57.2 Å². The standard InChI is InChI=1S/C59H64O9/c1-39(2)49-28-26-41-20-22-44(23-21-41)35-46(25-24-43-17-11-18-45(34-43)33-42-15-9-6-10-16-42)36-52(61)65-55-53-51(29-27-47-37-50(58(63)66-54(47)53)48(30-32-60)38-64-4)68-59(3,56(55)67-57(49)62)31-12-19-40-13-7-5-8-14-40/h5-11,13-18,20-23,27,29,34,37,46,48,55-56,60H,12,19,24-26,28,30-33,35-36,38H2,1-4H3/t46-,48-,55-,56+,59+/m1/s1. The number of benzene rings is 5. The van der Waals surface area contributed by atoms with E-state index < -0.39 is 41.3 Å². The van der Waals surface area contributed by atoms with Crippen LogP contribution in [-0.2, 0) is 55.9 Å². The number of carbonyl (C=O) groups is 2. The molecule has 0 spiro atoms. The number of rotatable bonds is 14. The van der Waals surface area contributed by atoms with Gasteiger partial charge in [0.25, 0.3) is 0 Å². The molecule has 0 unspecified atom stereocenters. The van der Waals surface area contributed by atoms with Crippen LogP contribution in [0.2, 0.25) is 0 Å². The third-order valence-electron chi connectivity index (χ3n) is 13.8. The van der Waals surface area contributed by atoms with E-state index >= 15 is 0 Å². The predicted molar refractivity (Wildman–Crippen MR) is 265 cm³/mol. The highest BCUT2D eigenvalue weighted by Crippen LogP contribution is 2.49. The van der Waals surface area contributed by atoms with Crippen molar-refractivity contribution in [3.8, 4) is 5.75 Å². The molecular formula is C59H64O9. The molecule has 354 valence electrons. The zero-order valence-electron chi connectivity index (χ0n) is 39.8. The number of aryl methyl sites for hydroxylation is 3. The lowest BCUT2D eigenvalue weighted by Crippen LogP contribution is -2.54. The Labute approximate surface area is 400 Å². The molecule has 3 aliphatic heterocycles. The van der Waals surface area contributed by atoms with Gasteiger partial charge in [0.1, 0.15) is 16.9 Å². The normalized spacial score (nSPS) is 20.2. The summed E-state index contributed by atoms with van der Waals surface area (Å²) >= 11 is 0. The number of allylic oxidation sites excluding steroid dienone is 1. The van der Waals surface area contributed by atoms with Gasteiger partial charge >= 0.3 is 17.6 Å². The van der Waals surface area contributed by atoms with E-state index in [0.717, 1.165) is 47.9 Å². The number of hydrogen-bond donors (Lipinski definition) is 1. The number of methoxy groups -OCH3 is 1. The minimum atomic E-state index is -1.19. The van der Waals surface area contributed by atoms with Crippen molar-refractivity contribution < 1.29 is 38.1 Å². The van der Waals surface area contributed by atoms with Gasteiger partial charge in [-0.2, -0.15) is 0 Å². The van der Waals surface area contributed by atoms with Crippen LogP contribution in [0.25, 0.3) is 11.0 Å². The van der Waals surface area contributed by atoms with E-state index in [4.69, 9.17) is 23.4 Å². The summed E-state index contributed by atoms with van der Waals surface area (Å²) in [7, 11) is 1.55.